The van der Waals surface area contributed by atoms with Crippen LogP contribution in [0, 0.1) is 17.8 Å². The third kappa shape index (κ3) is 2.18. The lowest BCUT2D eigenvalue weighted by Gasteiger charge is -2.25. The van der Waals surface area contributed by atoms with Crippen LogP contribution in [0.4, 0.5) is 0 Å². The van der Waals surface area contributed by atoms with Gasteiger partial charge in [0.2, 0.25) is 0 Å². The maximum absolute atomic E-state index is 12.2. The molecule has 0 bridgehead atoms. The number of hydrogen-bond donors (Lipinski definition) is 1. The molecule has 2 aliphatic rings. The summed E-state index contributed by atoms with van der Waals surface area (Å²) in [5.74, 6) is -1.37. The average Bonchev–Trinajstić information content (AvgIpc) is 2.81. The van der Waals surface area contributed by atoms with Crippen molar-refractivity contribution in [3.05, 3.63) is 12.2 Å². The van der Waals surface area contributed by atoms with Crippen molar-refractivity contribution < 1.29 is 14.7 Å². The van der Waals surface area contributed by atoms with Gasteiger partial charge in [0.15, 0.2) is 0 Å². The fourth-order valence-electron chi connectivity index (χ4n) is 2.92. The molecule has 2 aliphatic carbocycles. The molecular formula is C13H18O3. The van der Waals surface area contributed by atoms with Gasteiger partial charge in [-0.2, -0.15) is 0 Å². The lowest BCUT2D eigenvalue weighted by molar-refractivity contribution is -0.145. The number of ketones is 1. The highest BCUT2D eigenvalue weighted by Gasteiger charge is 2.37. The maximum Gasteiger partial charge on any atom is 0.311 e. The van der Waals surface area contributed by atoms with Gasteiger partial charge >= 0.3 is 5.97 Å². The van der Waals surface area contributed by atoms with Gasteiger partial charge in [-0.3, -0.25) is 9.59 Å². The molecule has 2 rings (SSSR count). The number of Topliss-reactive ketones (excluding diaryl/α,β-unsaturated/α-hetero) is 1. The minimum atomic E-state index is -0.854. The summed E-state index contributed by atoms with van der Waals surface area (Å²) >= 11 is 0. The zero-order valence-electron chi connectivity index (χ0n) is 9.39. The minimum absolute atomic E-state index is 0.137. The van der Waals surface area contributed by atoms with Crippen LogP contribution in [-0.4, -0.2) is 16.9 Å². The second kappa shape index (κ2) is 4.81. The first-order chi connectivity index (χ1) is 7.70. The quantitative estimate of drug-likeness (QED) is 0.746. The van der Waals surface area contributed by atoms with Gasteiger partial charge in [-0.1, -0.05) is 25.0 Å². The number of carboxylic acid groups (broad SMARTS) is 1. The van der Waals surface area contributed by atoms with Crippen molar-refractivity contribution in [2.45, 2.75) is 38.5 Å². The number of hydrogen-bond acceptors (Lipinski definition) is 2. The zero-order chi connectivity index (χ0) is 11.5. The first-order valence-electron chi connectivity index (χ1n) is 6.13. The molecule has 16 heavy (non-hydrogen) atoms. The smallest absolute Gasteiger partial charge is 0.311 e. The van der Waals surface area contributed by atoms with Gasteiger partial charge in [-0.15, -0.1) is 0 Å². The highest BCUT2D eigenvalue weighted by atomic mass is 16.4. The Labute approximate surface area is 95.5 Å². The molecule has 3 nitrogen and oxygen atoms in total. The Bertz CT molecular complexity index is 313. The Morgan fingerprint density at radius 3 is 2.44 bits per heavy atom. The Hall–Kier alpha value is -1.12. The SMILES string of the molecule is O=C(O)C1C=CCCC1C(=O)C1CCCC1. The average molecular weight is 222 g/mol. The van der Waals surface area contributed by atoms with Crippen molar-refractivity contribution >= 4 is 11.8 Å². The summed E-state index contributed by atoms with van der Waals surface area (Å²) < 4.78 is 0. The molecule has 0 aromatic heterocycles. The first-order valence-corrected chi connectivity index (χ1v) is 6.13. The van der Waals surface area contributed by atoms with Crippen molar-refractivity contribution in [3.8, 4) is 0 Å². The van der Waals surface area contributed by atoms with E-state index in [1.54, 1.807) is 6.08 Å². The summed E-state index contributed by atoms with van der Waals surface area (Å²) in [5.41, 5.74) is 0. The van der Waals surface area contributed by atoms with Gasteiger partial charge in [0, 0.05) is 11.8 Å². The Kier molecular flexibility index (Phi) is 3.42. The maximum atomic E-state index is 12.2. The lowest BCUT2D eigenvalue weighted by atomic mass is 9.77. The van der Waals surface area contributed by atoms with Crippen LogP contribution in [0.3, 0.4) is 0 Å². The Morgan fingerprint density at radius 1 is 1.12 bits per heavy atom. The molecule has 0 aromatic carbocycles. The topological polar surface area (TPSA) is 54.4 Å². The zero-order valence-corrected chi connectivity index (χ0v) is 9.39. The third-order valence-electron chi connectivity index (χ3n) is 3.83. The van der Waals surface area contributed by atoms with Crippen molar-refractivity contribution in [1.29, 1.82) is 0 Å². The van der Waals surface area contributed by atoms with Crippen molar-refractivity contribution in [3.63, 3.8) is 0 Å². The molecule has 1 saturated carbocycles. The standard InChI is InChI=1S/C13H18O3/c14-12(9-5-1-2-6-9)10-7-3-4-8-11(10)13(15)16/h4,8-11H,1-3,5-7H2,(H,15,16). The van der Waals surface area contributed by atoms with Crippen LogP contribution in [0.1, 0.15) is 38.5 Å². The predicted octanol–water partition coefficient (Wildman–Crippen LogP) is 2.41. The number of carbonyl (C=O) groups is 2. The van der Waals surface area contributed by atoms with Crippen molar-refractivity contribution in [1.82, 2.24) is 0 Å². The Morgan fingerprint density at radius 2 is 1.81 bits per heavy atom. The van der Waals surface area contributed by atoms with Gasteiger partial charge in [0.25, 0.3) is 0 Å². The fourth-order valence-corrected chi connectivity index (χ4v) is 2.92. The van der Waals surface area contributed by atoms with Crippen molar-refractivity contribution in [2.75, 3.05) is 0 Å². The van der Waals surface area contributed by atoms with Gasteiger partial charge in [-0.25, -0.2) is 0 Å². The number of allylic oxidation sites excluding steroid dienone is 1. The molecule has 0 aliphatic heterocycles. The summed E-state index contributed by atoms with van der Waals surface area (Å²) in [4.78, 5) is 23.3. The van der Waals surface area contributed by atoms with E-state index in [4.69, 9.17) is 5.11 Å². The summed E-state index contributed by atoms with van der Waals surface area (Å²) in [5, 5.41) is 9.10. The Balaban J connectivity index is 2.08. The van der Waals surface area contributed by atoms with E-state index in [1.807, 2.05) is 6.08 Å². The second-order valence-corrected chi connectivity index (χ2v) is 4.86. The van der Waals surface area contributed by atoms with E-state index in [-0.39, 0.29) is 17.6 Å². The van der Waals surface area contributed by atoms with E-state index in [1.165, 1.54) is 0 Å². The molecule has 0 amide bonds. The first kappa shape index (κ1) is 11.4. The molecule has 88 valence electrons. The second-order valence-electron chi connectivity index (χ2n) is 4.86. The van der Waals surface area contributed by atoms with E-state index in [0.717, 1.165) is 32.1 Å². The number of carboxylic acids is 1. The van der Waals surface area contributed by atoms with Gasteiger partial charge in [0.1, 0.15) is 5.78 Å². The van der Waals surface area contributed by atoms with Crippen LogP contribution in [-0.2, 0) is 9.59 Å². The molecule has 3 heteroatoms. The number of carbonyl (C=O) groups excluding carboxylic acids is 1. The number of rotatable bonds is 3. The highest BCUT2D eigenvalue weighted by Crippen LogP contribution is 2.34. The summed E-state index contributed by atoms with van der Waals surface area (Å²) in [6.45, 7) is 0. The third-order valence-corrected chi connectivity index (χ3v) is 3.83. The van der Waals surface area contributed by atoms with E-state index < -0.39 is 11.9 Å². The summed E-state index contributed by atoms with van der Waals surface area (Å²) in [7, 11) is 0. The number of aliphatic carboxylic acids is 1. The summed E-state index contributed by atoms with van der Waals surface area (Å²) in [6, 6.07) is 0. The van der Waals surface area contributed by atoms with Gasteiger partial charge in [0.05, 0.1) is 5.92 Å². The van der Waals surface area contributed by atoms with E-state index in [0.29, 0.717) is 6.42 Å². The highest BCUT2D eigenvalue weighted by molar-refractivity contribution is 5.89. The molecule has 0 heterocycles. The van der Waals surface area contributed by atoms with Crippen LogP contribution in [0.5, 0.6) is 0 Å². The molecule has 0 aromatic rings. The predicted molar refractivity (Wildman–Crippen MR) is 60.0 cm³/mol. The molecule has 0 spiro atoms. The molecule has 2 atom stereocenters. The lowest BCUT2D eigenvalue weighted by Crippen LogP contribution is -2.33. The van der Waals surface area contributed by atoms with Crippen LogP contribution >= 0.6 is 0 Å². The van der Waals surface area contributed by atoms with E-state index in [9.17, 15) is 9.59 Å². The summed E-state index contributed by atoms with van der Waals surface area (Å²) in [6.07, 6.45) is 9.31. The molecule has 1 N–H and O–H groups in total. The normalized spacial score (nSPS) is 30.5. The minimum Gasteiger partial charge on any atom is -0.481 e. The molecular weight excluding hydrogens is 204 g/mol. The van der Waals surface area contributed by atoms with E-state index in [2.05, 4.69) is 0 Å². The van der Waals surface area contributed by atoms with Gasteiger partial charge in [-0.05, 0) is 25.7 Å². The van der Waals surface area contributed by atoms with Crippen LogP contribution < -0.4 is 0 Å². The largest absolute Gasteiger partial charge is 0.481 e. The molecule has 1 fully saturated rings. The van der Waals surface area contributed by atoms with Crippen molar-refractivity contribution in [2.24, 2.45) is 17.8 Å². The fraction of sp³-hybridized carbons (Fsp3) is 0.692. The van der Waals surface area contributed by atoms with Crippen LogP contribution in [0.25, 0.3) is 0 Å². The molecule has 2 unspecified atom stereocenters. The van der Waals surface area contributed by atoms with E-state index >= 15 is 0 Å². The van der Waals surface area contributed by atoms with Gasteiger partial charge < -0.3 is 5.11 Å². The molecule has 0 saturated heterocycles. The monoisotopic (exact) mass is 222 g/mol. The molecule has 0 radical (unpaired) electrons. The van der Waals surface area contributed by atoms with Crippen LogP contribution in [0.15, 0.2) is 12.2 Å². The van der Waals surface area contributed by atoms with Crippen LogP contribution in [0.2, 0.25) is 0 Å².